The molecule has 3 rings (SSSR count). The fourth-order valence-corrected chi connectivity index (χ4v) is 5.20. The van der Waals surface area contributed by atoms with E-state index in [9.17, 15) is 13.2 Å². The third-order valence-electron chi connectivity index (χ3n) is 4.79. The average Bonchev–Trinajstić information content (AvgIpc) is 2.79. The smallest absolute Gasteiger partial charge is 0.247 e. The first-order chi connectivity index (χ1) is 15.3. The number of sulfonamides is 1. The first-order valence-electron chi connectivity index (χ1n) is 9.99. The molecule has 0 aliphatic carbocycles. The van der Waals surface area contributed by atoms with Crippen LogP contribution in [0.4, 0.5) is 11.4 Å². The maximum absolute atomic E-state index is 12.8. The van der Waals surface area contributed by atoms with Crippen molar-refractivity contribution in [1.82, 2.24) is 0 Å². The van der Waals surface area contributed by atoms with E-state index in [4.69, 9.17) is 4.74 Å². The molecule has 0 saturated carbocycles. The van der Waals surface area contributed by atoms with Crippen LogP contribution >= 0.6 is 11.8 Å². The maximum Gasteiger partial charge on any atom is 0.247 e. The third-order valence-corrected chi connectivity index (χ3v) is 7.11. The second-order valence-corrected chi connectivity index (χ2v) is 10.1. The number of benzene rings is 3. The van der Waals surface area contributed by atoms with Crippen molar-refractivity contribution >= 4 is 39.1 Å². The Morgan fingerprint density at radius 3 is 2.19 bits per heavy atom. The van der Waals surface area contributed by atoms with Crippen LogP contribution in [0, 0.1) is 0 Å². The standard InChI is InChI=1S/C24H26N2O4S2/c1-18(26(32(3,28)29)21-13-15-22(30-2)16-14-21)24(27)25-20-11-9-19(10-12-20)17-31-23-7-5-4-6-8-23/h4-16,18H,17H2,1-3H3,(H,25,27). The fraction of sp³-hybridized carbons (Fsp3) is 0.208. The Bertz CT molecular complexity index is 1130. The molecule has 0 aliphatic heterocycles. The molecule has 6 nitrogen and oxygen atoms in total. The van der Waals surface area contributed by atoms with Crippen molar-refractivity contribution in [2.24, 2.45) is 0 Å². The summed E-state index contributed by atoms with van der Waals surface area (Å²) in [5.74, 6) is 0.996. The number of nitrogens with one attached hydrogen (secondary N) is 1. The summed E-state index contributed by atoms with van der Waals surface area (Å²) < 4.78 is 31.1. The van der Waals surface area contributed by atoms with Crippen LogP contribution in [0.25, 0.3) is 0 Å². The van der Waals surface area contributed by atoms with Gasteiger partial charge < -0.3 is 10.1 Å². The van der Waals surface area contributed by atoms with Crippen molar-refractivity contribution in [1.29, 1.82) is 0 Å². The maximum atomic E-state index is 12.8. The van der Waals surface area contributed by atoms with Crippen LogP contribution in [-0.4, -0.2) is 33.7 Å². The van der Waals surface area contributed by atoms with Crippen LogP contribution in [0.5, 0.6) is 5.75 Å². The molecule has 1 N–H and O–H groups in total. The number of hydrogen-bond donors (Lipinski definition) is 1. The number of anilines is 2. The molecule has 0 aromatic heterocycles. The highest BCUT2D eigenvalue weighted by molar-refractivity contribution is 7.98. The molecule has 0 bridgehead atoms. The van der Waals surface area contributed by atoms with Crippen LogP contribution in [-0.2, 0) is 20.6 Å². The number of thioether (sulfide) groups is 1. The first kappa shape index (κ1) is 23.7. The minimum Gasteiger partial charge on any atom is -0.497 e. The van der Waals surface area contributed by atoms with Gasteiger partial charge >= 0.3 is 0 Å². The Kier molecular flexibility index (Phi) is 7.82. The number of amides is 1. The molecule has 0 spiro atoms. The summed E-state index contributed by atoms with van der Waals surface area (Å²) in [4.78, 5) is 14.0. The Morgan fingerprint density at radius 2 is 1.62 bits per heavy atom. The molecule has 3 aromatic rings. The van der Waals surface area contributed by atoms with E-state index in [1.54, 1.807) is 43.0 Å². The van der Waals surface area contributed by atoms with Gasteiger partial charge in [0.15, 0.2) is 0 Å². The lowest BCUT2D eigenvalue weighted by Crippen LogP contribution is -2.45. The molecule has 0 heterocycles. The van der Waals surface area contributed by atoms with Crippen LogP contribution in [0.1, 0.15) is 12.5 Å². The van der Waals surface area contributed by atoms with Crippen molar-refractivity contribution in [2.45, 2.75) is 23.6 Å². The predicted molar refractivity (Wildman–Crippen MR) is 131 cm³/mol. The topological polar surface area (TPSA) is 75.7 Å². The van der Waals surface area contributed by atoms with Gasteiger partial charge in [-0.2, -0.15) is 0 Å². The zero-order chi connectivity index (χ0) is 23.1. The average molecular weight is 471 g/mol. The Labute approximate surface area is 193 Å². The molecule has 0 fully saturated rings. The van der Waals surface area contributed by atoms with Gasteiger partial charge in [-0.25, -0.2) is 8.42 Å². The lowest BCUT2D eigenvalue weighted by Gasteiger charge is -2.28. The largest absolute Gasteiger partial charge is 0.497 e. The van der Waals surface area contributed by atoms with Gasteiger partial charge in [0.1, 0.15) is 11.8 Å². The van der Waals surface area contributed by atoms with E-state index in [-0.39, 0.29) is 0 Å². The Balaban J connectivity index is 1.67. The molecule has 1 atom stereocenters. The van der Waals surface area contributed by atoms with E-state index in [1.807, 2.05) is 42.5 Å². The summed E-state index contributed by atoms with van der Waals surface area (Å²) in [6, 6.07) is 23.3. The van der Waals surface area contributed by atoms with Crippen LogP contribution < -0.4 is 14.4 Å². The molecular weight excluding hydrogens is 444 g/mol. The minimum atomic E-state index is -3.69. The number of hydrogen-bond acceptors (Lipinski definition) is 5. The fourth-order valence-electron chi connectivity index (χ4n) is 3.15. The van der Waals surface area contributed by atoms with Gasteiger partial charge in [-0.3, -0.25) is 9.10 Å². The van der Waals surface area contributed by atoms with E-state index >= 15 is 0 Å². The molecular formula is C24H26N2O4S2. The predicted octanol–water partition coefficient (Wildman–Crippen LogP) is 4.78. The minimum absolute atomic E-state index is 0.393. The van der Waals surface area contributed by atoms with Gasteiger partial charge in [0.2, 0.25) is 15.9 Å². The summed E-state index contributed by atoms with van der Waals surface area (Å²) in [5, 5.41) is 2.81. The van der Waals surface area contributed by atoms with Gasteiger partial charge in [-0.1, -0.05) is 30.3 Å². The molecule has 1 amide bonds. The van der Waals surface area contributed by atoms with E-state index in [2.05, 4.69) is 17.4 Å². The lowest BCUT2D eigenvalue weighted by molar-refractivity contribution is -0.116. The number of rotatable bonds is 9. The second kappa shape index (κ2) is 10.6. The highest BCUT2D eigenvalue weighted by Gasteiger charge is 2.29. The highest BCUT2D eigenvalue weighted by atomic mass is 32.2. The molecule has 1 unspecified atom stereocenters. The summed E-state index contributed by atoms with van der Waals surface area (Å²) in [6.45, 7) is 1.56. The molecule has 0 aliphatic rings. The number of carbonyl (C=O) groups excluding carboxylic acids is 1. The van der Waals surface area contributed by atoms with E-state index in [0.717, 1.165) is 21.9 Å². The zero-order valence-electron chi connectivity index (χ0n) is 18.2. The van der Waals surface area contributed by atoms with E-state index < -0.39 is 22.0 Å². The van der Waals surface area contributed by atoms with Gasteiger partial charge in [0.05, 0.1) is 19.1 Å². The molecule has 8 heteroatoms. The number of ether oxygens (including phenoxy) is 1. The van der Waals surface area contributed by atoms with Gasteiger partial charge in [0.25, 0.3) is 0 Å². The van der Waals surface area contributed by atoms with E-state index in [0.29, 0.717) is 17.1 Å². The third kappa shape index (κ3) is 6.27. The monoisotopic (exact) mass is 470 g/mol. The second-order valence-electron chi connectivity index (χ2n) is 7.22. The normalized spacial score (nSPS) is 12.1. The number of carbonyl (C=O) groups is 1. The van der Waals surface area contributed by atoms with Crippen molar-refractivity contribution in [3.05, 3.63) is 84.4 Å². The molecule has 0 saturated heterocycles. The summed E-state index contributed by atoms with van der Waals surface area (Å²) in [5.41, 5.74) is 2.13. The van der Waals surface area contributed by atoms with E-state index in [1.165, 1.54) is 12.0 Å². The van der Waals surface area contributed by atoms with Crippen molar-refractivity contribution in [3.63, 3.8) is 0 Å². The van der Waals surface area contributed by atoms with Gasteiger partial charge in [-0.15, -0.1) is 11.8 Å². The molecule has 32 heavy (non-hydrogen) atoms. The first-order valence-corrected chi connectivity index (χ1v) is 12.8. The number of nitrogens with zero attached hydrogens (tertiary/aromatic N) is 1. The van der Waals surface area contributed by atoms with Crippen LogP contribution in [0.2, 0.25) is 0 Å². The molecule has 0 radical (unpaired) electrons. The number of methoxy groups -OCH3 is 1. The van der Waals surface area contributed by atoms with Crippen LogP contribution in [0.15, 0.2) is 83.8 Å². The Hall–Kier alpha value is -2.97. The van der Waals surface area contributed by atoms with Gasteiger partial charge in [-0.05, 0) is 61.0 Å². The summed E-state index contributed by atoms with van der Waals surface area (Å²) in [7, 11) is -2.15. The van der Waals surface area contributed by atoms with Crippen LogP contribution in [0.3, 0.4) is 0 Å². The highest BCUT2D eigenvalue weighted by Crippen LogP contribution is 2.25. The Morgan fingerprint density at radius 1 is 1.00 bits per heavy atom. The van der Waals surface area contributed by atoms with Crippen molar-refractivity contribution in [3.8, 4) is 5.75 Å². The lowest BCUT2D eigenvalue weighted by atomic mass is 10.2. The quantitative estimate of drug-likeness (QED) is 0.456. The summed E-state index contributed by atoms with van der Waals surface area (Å²) in [6.07, 6.45) is 1.08. The van der Waals surface area contributed by atoms with Gasteiger partial charge in [0, 0.05) is 16.3 Å². The SMILES string of the molecule is COc1ccc(N(C(C)C(=O)Nc2ccc(CSc3ccccc3)cc2)S(C)(=O)=O)cc1. The van der Waals surface area contributed by atoms with Crippen molar-refractivity contribution < 1.29 is 17.9 Å². The summed E-state index contributed by atoms with van der Waals surface area (Å²) >= 11 is 1.74. The molecule has 3 aromatic carbocycles. The zero-order valence-corrected chi connectivity index (χ0v) is 19.8. The molecule has 168 valence electrons. The van der Waals surface area contributed by atoms with Crippen molar-refractivity contribution in [2.75, 3.05) is 23.0 Å².